The van der Waals surface area contributed by atoms with Gasteiger partial charge in [-0.05, 0) is 36.9 Å². The highest BCUT2D eigenvalue weighted by Crippen LogP contribution is 2.32. The number of fused-ring (bicyclic) bond motifs is 2. The van der Waals surface area contributed by atoms with Crippen molar-refractivity contribution >= 4 is 27.6 Å². The fourth-order valence-corrected chi connectivity index (χ4v) is 5.07. The second kappa shape index (κ2) is 9.85. The standard InChI is InChI=1S/C30H28N8O/c1-37-10-12-38(13-11-37)27-9-5-8-24-29(27)34-30(33-24)28-23-15-25(32-18-26(23)35-36-28)21-14-22(17-31-16-21)39-19-20-6-3-2-4-7-20/h2-9,14-18H,10-13,19H2,1H3,(H,33,34)(H,35,36). The van der Waals surface area contributed by atoms with Crippen LogP contribution in [0.25, 0.3) is 44.7 Å². The number of rotatable bonds is 6. The first-order valence-corrected chi connectivity index (χ1v) is 13.1. The molecule has 0 amide bonds. The van der Waals surface area contributed by atoms with Crippen LogP contribution in [0.3, 0.4) is 0 Å². The topological polar surface area (TPSA) is 98.8 Å². The highest BCUT2D eigenvalue weighted by molar-refractivity contribution is 5.96. The van der Waals surface area contributed by atoms with E-state index in [1.54, 1.807) is 18.6 Å². The quantitative estimate of drug-likeness (QED) is 0.325. The van der Waals surface area contributed by atoms with Crippen LogP contribution in [0.2, 0.25) is 0 Å². The number of para-hydroxylation sites is 1. The van der Waals surface area contributed by atoms with Crippen molar-refractivity contribution in [2.45, 2.75) is 6.61 Å². The molecular weight excluding hydrogens is 488 g/mol. The molecule has 1 saturated heterocycles. The SMILES string of the molecule is CN1CCN(c2cccc3[nH]c(-c4n[nH]c5cnc(-c6cncc(OCc7ccccc7)c6)cc45)nc23)CC1. The first-order chi connectivity index (χ1) is 19.2. The summed E-state index contributed by atoms with van der Waals surface area (Å²) in [4.78, 5) is 22.3. The zero-order chi connectivity index (χ0) is 26.2. The Hall–Kier alpha value is -4.76. The maximum absolute atomic E-state index is 5.99. The molecule has 0 spiro atoms. The molecule has 2 N–H and O–H groups in total. The van der Waals surface area contributed by atoms with E-state index < -0.39 is 0 Å². The van der Waals surface area contributed by atoms with E-state index in [1.807, 2.05) is 42.5 Å². The molecule has 9 heteroatoms. The number of likely N-dealkylation sites (N-methyl/N-ethyl adjacent to an activating group) is 1. The summed E-state index contributed by atoms with van der Waals surface area (Å²) in [5.74, 6) is 1.42. The van der Waals surface area contributed by atoms with Gasteiger partial charge in [0.1, 0.15) is 23.6 Å². The van der Waals surface area contributed by atoms with Gasteiger partial charge < -0.3 is 19.5 Å². The summed E-state index contributed by atoms with van der Waals surface area (Å²) >= 11 is 0. The van der Waals surface area contributed by atoms with Gasteiger partial charge in [-0.1, -0.05) is 36.4 Å². The Morgan fingerprint density at radius 1 is 0.897 bits per heavy atom. The van der Waals surface area contributed by atoms with E-state index in [4.69, 9.17) is 9.72 Å². The highest BCUT2D eigenvalue weighted by atomic mass is 16.5. The number of H-pyrrole nitrogens is 2. The number of pyridine rings is 2. The fourth-order valence-electron chi connectivity index (χ4n) is 5.07. The molecule has 0 radical (unpaired) electrons. The molecule has 1 aliphatic heterocycles. The van der Waals surface area contributed by atoms with Gasteiger partial charge in [0.15, 0.2) is 5.82 Å². The molecule has 194 valence electrons. The molecule has 1 fully saturated rings. The lowest BCUT2D eigenvalue weighted by Gasteiger charge is -2.34. The van der Waals surface area contributed by atoms with E-state index in [1.165, 1.54) is 0 Å². The Labute approximate surface area is 225 Å². The molecule has 0 atom stereocenters. The number of aromatic nitrogens is 6. The largest absolute Gasteiger partial charge is 0.487 e. The minimum Gasteiger partial charge on any atom is -0.487 e. The van der Waals surface area contributed by atoms with Crippen LogP contribution in [0.4, 0.5) is 5.69 Å². The van der Waals surface area contributed by atoms with Gasteiger partial charge >= 0.3 is 0 Å². The summed E-state index contributed by atoms with van der Waals surface area (Å²) in [5.41, 5.74) is 7.50. The summed E-state index contributed by atoms with van der Waals surface area (Å²) in [6.45, 7) is 4.54. The highest BCUT2D eigenvalue weighted by Gasteiger charge is 2.20. The summed E-state index contributed by atoms with van der Waals surface area (Å²) in [7, 11) is 2.17. The third-order valence-electron chi connectivity index (χ3n) is 7.26. The van der Waals surface area contributed by atoms with Crippen molar-refractivity contribution in [2.24, 2.45) is 0 Å². The second-order valence-corrected chi connectivity index (χ2v) is 9.92. The number of piperazine rings is 1. The van der Waals surface area contributed by atoms with Crippen LogP contribution in [-0.2, 0) is 6.61 Å². The summed E-state index contributed by atoms with van der Waals surface area (Å²) < 4.78 is 5.99. The lowest BCUT2D eigenvalue weighted by atomic mass is 10.1. The lowest BCUT2D eigenvalue weighted by Crippen LogP contribution is -2.44. The van der Waals surface area contributed by atoms with Crippen molar-refractivity contribution in [1.82, 2.24) is 35.0 Å². The molecule has 0 bridgehead atoms. The van der Waals surface area contributed by atoms with Crippen molar-refractivity contribution < 1.29 is 4.74 Å². The Morgan fingerprint density at radius 2 is 1.77 bits per heavy atom. The maximum Gasteiger partial charge on any atom is 0.159 e. The zero-order valence-corrected chi connectivity index (χ0v) is 21.6. The van der Waals surface area contributed by atoms with E-state index in [0.29, 0.717) is 12.4 Å². The van der Waals surface area contributed by atoms with E-state index >= 15 is 0 Å². The van der Waals surface area contributed by atoms with E-state index in [0.717, 1.165) is 82.1 Å². The number of anilines is 1. The van der Waals surface area contributed by atoms with Gasteiger partial charge in [0.25, 0.3) is 0 Å². The molecule has 5 heterocycles. The predicted octanol–water partition coefficient (Wildman–Crippen LogP) is 4.89. The smallest absolute Gasteiger partial charge is 0.159 e. The molecule has 1 aliphatic rings. The molecule has 9 nitrogen and oxygen atoms in total. The van der Waals surface area contributed by atoms with Gasteiger partial charge in [-0.3, -0.25) is 15.1 Å². The van der Waals surface area contributed by atoms with Gasteiger partial charge in [-0.2, -0.15) is 5.10 Å². The average Bonchev–Trinajstić information content (AvgIpc) is 3.61. The van der Waals surface area contributed by atoms with Gasteiger partial charge in [0.2, 0.25) is 0 Å². The van der Waals surface area contributed by atoms with Crippen LogP contribution in [-0.4, -0.2) is 68.3 Å². The van der Waals surface area contributed by atoms with Crippen LogP contribution in [0, 0.1) is 0 Å². The fraction of sp³-hybridized carbons (Fsp3) is 0.200. The monoisotopic (exact) mass is 516 g/mol. The lowest BCUT2D eigenvalue weighted by molar-refractivity contribution is 0.305. The van der Waals surface area contributed by atoms with Crippen molar-refractivity contribution in [3.05, 3.63) is 84.8 Å². The molecular formula is C30H28N8O. The minimum absolute atomic E-state index is 0.479. The van der Waals surface area contributed by atoms with E-state index in [2.05, 4.69) is 60.2 Å². The number of benzene rings is 2. The predicted molar refractivity (Wildman–Crippen MR) is 153 cm³/mol. The van der Waals surface area contributed by atoms with Crippen LogP contribution in [0.15, 0.2) is 79.3 Å². The number of nitrogens with zero attached hydrogens (tertiary/aromatic N) is 6. The number of imidazole rings is 1. The number of aromatic amines is 2. The van der Waals surface area contributed by atoms with Crippen molar-refractivity contribution in [3.8, 4) is 28.5 Å². The minimum atomic E-state index is 0.479. The Balaban J connectivity index is 1.20. The van der Waals surface area contributed by atoms with Crippen molar-refractivity contribution in [3.63, 3.8) is 0 Å². The Kier molecular flexibility index (Phi) is 5.90. The first-order valence-electron chi connectivity index (χ1n) is 13.1. The van der Waals surface area contributed by atoms with Crippen LogP contribution < -0.4 is 9.64 Å². The summed E-state index contributed by atoms with van der Waals surface area (Å²) in [6.07, 6.45) is 5.32. The molecule has 4 aromatic heterocycles. The summed E-state index contributed by atoms with van der Waals surface area (Å²) in [6, 6.07) is 20.4. The summed E-state index contributed by atoms with van der Waals surface area (Å²) in [5, 5.41) is 8.66. The number of hydrogen-bond acceptors (Lipinski definition) is 7. The molecule has 2 aromatic carbocycles. The average molecular weight is 517 g/mol. The molecule has 6 aromatic rings. The third kappa shape index (κ3) is 4.57. The molecule has 0 saturated carbocycles. The molecule has 39 heavy (non-hydrogen) atoms. The molecule has 0 aliphatic carbocycles. The Bertz CT molecular complexity index is 1750. The first kappa shape index (κ1) is 23.4. The van der Waals surface area contributed by atoms with Crippen LogP contribution in [0.1, 0.15) is 5.56 Å². The zero-order valence-electron chi connectivity index (χ0n) is 21.6. The van der Waals surface area contributed by atoms with Gasteiger partial charge in [0, 0.05) is 43.3 Å². The number of nitrogens with one attached hydrogen (secondary N) is 2. The van der Waals surface area contributed by atoms with E-state index in [9.17, 15) is 0 Å². The van der Waals surface area contributed by atoms with Gasteiger partial charge in [0.05, 0.1) is 34.8 Å². The third-order valence-corrected chi connectivity index (χ3v) is 7.26. The van der Waals surface area contributed by atoms with Crippen LogP contribution in [0.5, 0.6) is 5.75 Å². The van der Waals surface area contributed by atoms with E-state index in [-0.39, 0.29) is 0 Å². The van der Waals surface area contributed by atoms with Gasteiger partial charge in [-0.15, -0.1) is 0 Å². The maximum atomic E-state index is 5.99. The van der Waals surface area contributed by atoms with Crippen molar-refractivity contribution in [1.29, 1.82) is 0 Å². The van der Waals surface area contributed by atoms with Crippen LogP contribution >= 0.6 is 0 Å². The van der Waals surface area contributed by atoms with Gasteiger partial charge in [-0.25, -0.2) is 4.98 Å². The van der Waals surface area contributed by atoms with Crippen molar-refractivity contribution in [2.75, 3.05) is 38.1 Å². The molecule has 7 rings (SSSR count). The Morgan fingerprint density at radius 3 is 2.64 bits per heavy atom. The second-order valence-electron chi connectivity index (χ2n) is 9.92. The number of hydrogen-bond donors (Lipinski definition) is 2. The normalized spacial score (nSPS) is 14.3. The molecule has 0 unspecified atom stereocenters. The number of ether oxygens (including phenoxy) is 1.